The molecule has 2 rings (SSSR count). The van der Waals surface area contributed by atoms with Crippen LogP contribution in [0.5, 0.6) is 0 Å². The van der Waals surface area contributed by atoms with Crippen LogP contribution in [0, 0.1) is 0 Å². The Morgan fingerprint density at radius 2 is 2.14 bits per heavy atom. The van der Waals surface area contributed by atoms with E-state index in [4.69, 9.17) is 4.74 Å². The lowest BCUT2D eigenvalue weighted by molar-refractivity contribution is -0.0684. The minimum Gasteiger partial charge on any atom is -0.373 e. The number of urea groups is 1. The van der Waals surface area contributed by atoms with Gasteiger partial charge >= 0.3 is 6.03 Å². The second kappa shape index (κ2) is 6.91. The second-order valence-electron chi connectivity index (χ2n) is 5.77. The summed E-state index contributed by atoms with van der Waals surface area (Å²) in [5, 5.41) is 6.85. The largest absolute Gasteiger partial charge is 0.373 e. The molecule has 0 aromatic carbocycles. The predicted octanol–water partition coefficient (Wildman–Crippen LogP) is 0.993. The standard InChI is InChI=1S/C14H25N5O2/c1-11-8-19(9-12(2)21-11)6-5-17(3)14(20)16-13-7-15-18(4)10-13/h7,10-12H,5-6,8-9H2,1-4H3,(H,16,20)/t11-,12+. The van der Waals surface area contributed by atoms with Crippen LogP contribution in [-0.4, -0.2) is 71.0 Å². The van der Waals surface area contributed by atoms with Gasteiger partial charge in [0.2, 0.25) is 0 Å². The fraction of sp³-hybridized carbons (Fsp3) is 0.714. The van der Waals surface area contributed by atoms with E-state index in [1.165, 1.54) is 0 Å². The molecule has 2 heterocycles. The molecule has 2 atom stereocenters. The number of carbonyl (C=O) groups is 1. The number of morpholine rings is 1. The van der Waals surface area contributed by atoms with Crippen LogP contribution in [0.1, 0.15) is 13.8 Å². The van der Waals surface area contributed by atoms with Gasteiger partial charge in [-0.25, -0.2) is 4.79 Å². The second-order valence-corrected chi connectivity index (χ2v) is 5.77. The van der Waals surface area contributed by atoms with Gasteiger partial charge in [0.1, 0.15) is 0 Å². The molecular formula is C14H25N5O2. The maximum Gasteiger partial charge on any atom is 0.321 e. The van der Waals surface area contributed by atoms with E-state index in [1.807, 2.05) is 7.05 Å². The van der Waals surface area contributed by atoms with Crippen molar-refractivity contribution in [2.75, 3.05) is 38.5 Å². The first kappa shape index (κ1) is 15.8. The lowest BCUT2D eigenvalue weighted by Gasteiger charge is -2.36. The molecule has 7 heteroatoms. The van der Waals surface area contributed by atoms with Crippen LogP contribution < -0.4 is 5.32 Å². The van der Waals surface area contributed by atoms with Gasteiger partial charge in [-0.1, -0.05) is 0 Å². The summed E-state index contributed by atoms with van der Waals surface area (Å²) in [6, 6.07) is -0.114. The third-order valence-electron chi connectivity index (χ3n) is 3.55. The van der Waals surface area contributed by atoms with Gasteiger partial charge in [0.25, 0.3) is 0 Å². The minimum atomic E-state index is -0.114. The lowest BCUT2D eigenvalue weighted by atomic mass is 10.2. The van der Waals surface area contributed by atoms with Gasteiger partial charge in [-0.2, -0.15) is 5.10 Å². The number of nitrogens with zero attached hydrogens (tertiary/aromatic N) is 4. The Bertz CT molecular complexity index is 466. The SMILES string of the molecule is C[C@@H]1CN(CCN(C)C(=O)Nc2cnn(C)c2)C[C@H](C)O1. The predicted molar refractivity (Wildman–Crippen MR) is 81.3 cm³/mol. The van der Waals surface area contributed by atoms with Gasteiger partial charge in [0.15, 0.2) is 0 Å². The topological polar surface area (TPSA) is 62.6 Å². The number of amides is 2. The summed E-state index contributed by atoms with van der Waals surface area (Å²) in [5.41, 5.74) is 0.711. The number of aromatic nitrogens is 2. The molecule has 1 saturated heterocycles. The van der Waals surface area contributed by atoms with Crippen molar-refractivity contribution in [1.29, 1.82) is 0 Å². The van der Waals surface area contributed by atoms with Crippen molar-refractivity contribution in [1.82, 2.24) is 19.6 Å². The van der Waals surface area contributed by atoms with Crippen LogP contribution in [0.4, 0.5) is 10.5 Å². The number of anilines is 1. The van der Waals surface area contributed by atoms with E-state index in [9.17, 15) is 4.79 Å². The molecule has 1 aliphatic heterocycles. The van der Waals surface area contributed by atoms with Crippen LogP contribution in [0.15, 0.2) is 12.4 Å². The molecule has 0 saturated carbocycles. The van der Waals surface area contributed by atoms with Crippen LogP contribution in [0.2, 0.25) is 0 Å². The van der Waals surface area contributed by atoms with Crippen molar-refractivity contribution >= 4 is 11.7 Å². The summed E-state index contributed by atoms with van der Waals surface area (Å²) >= 11 is 0. The molecule has 0 aliphatic carbocycles. The Morgan fingerprint density at radius 1 is 1.48 bits per heavy atom. The van der Waals surface area contributed by atoms with E-state index < -0.39 is 0 Å². The number of likely N-dealkylation sites (N-methyl/N-ethyl adjacent to an activating group) is 1. The van der Waals surface area contributed by atoms with Crippen molar-refractivity contribution < 1.29 is 9.53 Å². The fourth-order valence-electron chi connectivity index (χ4n) is 2.56. The Labute approximate surface area is 125 Å². The zero-order chi connectivity index (χ0) is 15.4. The van der Waals surface area contributed by atoms with Gasteiger partial charge in [-0.15, -0.1) is 0 Å². The number of nitrogens with one attached hydrogen (secondary N) is 1. The summed E-state index contributed by atoms with van der Waals surface area (Å²) < 4.78 is 7.37. The monoisotopic (exact) mass is 295 g/mol. The van der Waals surface area contributed by atoms with Gasteiger partial charge in [-0.05, 0) is 13.8 Å². The Hall–Kier alpha value is -1.60. The molecule has 1 aromatic rings. The van der Waals surface area contributed by atoms with Crippen LogP contribution in [0.3, 0.4) is 0 Å². The molecular weight excluding hydrogens is 270 g/mol. The van der Waals surface area contributed by atoms with Crippen molar-refractivity contribution in [3.05, 3.63) is 12.4 Å². The maximum atomic E-state index is 12.1. The summed E-state index contributed by atoms with van der Waals surface area (Å²) in [6.07, 6.45) is 3.92. The molecule has 118 valence electrons. The molecule has 0 bridgehead atoms. The fourth-order valence-corrected chi connectivity index (χ4v) is 2.56. The molecule has 0 spiro atoms. The lowest BCUT2D eigenvalue weighted by Crippen LogP contribution is -2.48. The first-order valence-corrected chi connectivity index (χ1v) is 7.32. The summed E-state index contributed by atoms with van der Waals surface area (Å²) in [5.74, 6) is 0. The molecule has 1 N–H and O–H groups in total. The molecule has 0 unspecified atom stereocenters. The summed E-state index contributed by atoms with van der Waals surface area (Å²) in [4.78, 5) is 16.1. The molecule has 21 heavy (non-hydrogen) atoms. The van der Waals surface area contributed by atoms with Gasteiger partial charge in [-0.3, -0.25) is 9.58 Å². The normalized spacial score (nSPS) is 23.0. The van der Waals surface area contributed by atoms with E-state index in [1.54, 1.807) is 29.0 Å². The number of ether oxygens (including phenoxy) is 1. The third-order valence-corrected chi connectivity index (χ3v) is 3.55. The highest BCUT2D eigenvalue weighted by Gasteiger charge is 2.22. The van der Waals surface area contributed by atoms with Gasteiger partial charge < -0.3 is 15.0 Å². The van der Waals surface area contributed by atoms with Crippen LogP contribution >= 0.6 is 0 Å². The average Bonchev–Trinajstić information content (AvgIpc) is 2.80. The van der Waals surface area contributed by atoms with E-state index in [0.717, 1.165) is 19.6 Å². The molecule has 2 amide bonds. The van der Waals surface area contributed by atoms with E-state index in [-0.39, 0.29) is 18.2 Å². The number of hydrogen-bond donors (Lipinski definition) is 1. The maximum absolute atomic E-state index is 12.1. The Morgan fingerprint density at radius 3 is 2.71 bits per heavy atom. The molecule has 1 aliphatic rings. The van der Waals surface area contributed by atoms with E-state index in [0.29, 0.717) is 12.2 Å². The number of aryl methyl sites for hydroxylation is 1. The van der Waals surface area contributed by atoms with E-state index in [2.05, 4.69) is 29.2 Å². The highest BCUT2D eigenvalue weighted by Crippen LogP contribution is 2.10. The van der Waals surface area contributed by atoms with Crippen molar-refractivity contribution in [2.24, 2.45) is 7.05 Å². The zero-order valence-corrected chi connectivity index (χ0v) is 13.2. The third kappa shape index (κ3) is 4.71. The summed E-state index contributed by atoms with van der Waals surface area (Å²) in [7, 11) is 3.62. The van der Waals surface area contributed by atoms with Crippen molar-refractivity contribution in [3.63, 3.8) is 0 Å². The van der Waals surface area contributed by atoms with Gasteiger partial charge in [0.05, 0.1) is 24.1 Å². The average molecular weight is 295 g/mol. The highest BCUT2D eigenvalue weighted by molar-refractivity contribution is 5.88. The van der Waals surface area contributed by atoms with Crippen molar-refractivity contribution in [2.45, 2.75) is 26.1 Å². The molecule has 1 fully saturated rings. The molecule has 0 radical (unpaired) electrons. The quantitative estimate of drug-likeness (QED) is 0.900. The highest BCUT2D eigenvalue weighted by atomic mass is 16.5. The Balaban J connectivity index is 1.75. The smallest absolute Gasteiger partial charge is 0.321 e. The molecule has 1 aromatic heterocycles. The molecule has 7 nitrogen and oxygen atoms in total. The zero-order valence-electron chi connectivity index (χ0n) is 13.2. The Kier molecular flexibility index (Phi) is 5.19. The number of hydrogen-bond acceptors (Lipinski definition) is 4. The first-order valence-electron chi connectivity index (χ1n) is 7.32. The van der Waals surface area contributed by atoms with Crippen molar-refractivity contribution in [3.8, 4) is 0 Å². The summed E-state index contributed by atoms with van der Waals surface area (Å²) in [6.45, 7) is 7.55. The van der Waals surface area contributed by atoms with E-state index >= 15 is 0 Å². The van der Waals surface area contributed by atoms with Gasteiger partial charge in [0, 0.05) is 46.5 Å². The van der Waals surface area contributed by atoms with Crippen LogP contribution in [-0.2, 0) is 11.8 Å². The number of rotatable bonds is 4. The first-order chi connectivity index (χ1) is 9.94. The number of carbonyl (C=O) groups excluding carboxylic acids is 1. The van der Waals surface area contributed by atoms with Crippen LogP contribution in [0.25, 0.3) is 0 Å². The minimum absolute atomic E-state index is 0.114.